The molecule has 4 heterocycles. The molecule has 3 N–H and O–H groups in total. The van der Waals surface area contributed by atoms with E-state index in [4.69, 9.17) is 21.1 Å². The first-order chi connectivity index (χ1) is 51.1. The van der Waals surface area contributed by atoms with Gasteiger partial charge >= 0.3 is 6.18 Å². The standard InChI is InChI=1S/C77H123ClF4N12O14/c1-12-48(5)65-73(104)87(7)46-64(97)88(8)57-23-15-14-20-34-93(72(57)103)61(41-50-24-28-52(79)29-25-50)70(101)86(6)45-62(95)83-56(31-27-49-26-30-54(55(78)40-49)77(80,81)82)69(100)94-44-53(108-13-2)42-59(94)68(99)85-76(32-18-19-33-76)75(106)91(11)66(51-21-16-17-22-51)74(105)90(10)60(71(102)92-35-37-107-38-36-92)43-63(96)89(9)58(39-47(3)4)67(98)84-65/h47-61,65-66H,12-46H2,1-11H3,(H,83,95)(H,84,98)(H,85,99)/t48-,49?,50?,52?,53+,54?,55?,56-,57-,58-,59-,60-,61-,65-,66-/m0/s1. The smallest absolute Gasteiger partial charge is 0.378 e. The van der Waals surface area contributed by atoms with Gasteiger partial charge in [0, 0.05) is 86.9 Å². The maximum Gasteiger partial charge on any atom is 0.393 e. The van der Waals surface area contributed by atoms with E-state index in [9.17, 15) is 31.9 Å². The van der Waals surface area contributed by atoms with E-state index in [-0.39, 0.29) is 141 Å². The van der Waals surface area contributed by atoms with Crippen molar-refractivity contribution in [3.05, 3.63) is 0 Å². The van der Waals surface area contributed by atoms with E-state index in [0.29, 0.717) is 64.2 Å². The summed E-state index contributed by atoms with van der Waals surface area (Å²) in [6, 6.07) is -10.3. The summed E-state index contributed by atoms with van der Waals surface area (Å²) in [6.45, 7) is 8.60. The summed E-state index contributed by atoms with van der Waals surface area (Å²) in [7, 11) is 8.58. The van der Waals surface area contributed by atoms with Gasteiger partial charge in [-0.1, -0.05) is 72.6 Å². The first-order valence-corrected chi connectivity index (χ1v) is 40.5. The van der Waals surface area contributed by atoms with E-state index in [1.165, 1.54) is 81.5 Å². The number of alkyl halides is 5. The van der Waals surface area contributed by atoms with Crippen molar-refractivity contribution in [1.29, 1.82) is 0 Å². The molecule has 2 bridgehead atoms. The van der Waals surface area contributed by atoms with Crippen LogP contribution in [0.4, 0.5) is 17.6 Å². The number of rotatable bonds is 13. The van der Waals surface area contributed by atoms with Crippen LogP contribution in [0.5, 0.6) is 0 Å². The first-order valence-electron chi connectivity index (χ1n) is 40.0. The first kappa shape index (κ1) is 87.2. The molecule has 108 heavy (non-hydrogen) atoms. The summed E-state index contributed by atoms with van der Waals surface area (Å²) in [6.07, 6.45) is 0.145. The van der Waals surface area contributed by atoms with E-state index in [1.54, 1.807) is 13.8 Å². The number of carbonyl (C=O) groups excluding carboxylic acids is 12. The summed E-state index contributed by atoms with van der Waals surface area (Å²) in [5.74, 6) is -11.5. The zero-order valence-electron chi connectivity index (χ0n) is 65.7. The normalized spacial score (nSPS) is 32.0. The van der Waals surface area contributed by atoms with Crippen molar-refractivity contribution >= 4 is 82.5 Å². The molecule has 13 atom stereocenters. The van der Waals surface area contributed by atoms with Gasteiger partial charge in [0.15, 0.2) is 0 Å². The molecule has 610 valence electrons. The van der Waals surface area contributed by atoms with Crippen LogP contribution in [0.15, 0.2) is 0 Å². The fourth-order valence-corrected chi connectivity index (χ4v) is 18.5. The fourth-order valence-electron chi connectivity index (χ4n) is 18.0. The molecule has 8 fully saturated rings. The quantitative estimate of drug-likeness (QED) is 0.136. The van der Waals surface area contributed by atoms with Crippen LogP contribution in [0.25, 0.3) is 0 Å². The highest BCUT2D eigenvalue weighted by Crippen LogP contribution is 2.44. The molecule has 26 nitrogen and oxygen atoms in total. The van der Waals surface area contributed by atoms with Crippen LogP contribution in [0, 0.1) is 35.5 Å². The van der Waals surface area contributed by atoms with Gasteiger partial charge in [0.1, 0.15) is 60.0 Å². The van der Waals surface area contributed by atoms with Gasteiger partial charge in [-0.05, 0) is 146 Å². The van der Waals surface area contributed by atoms with Gasteiger partial charge in [0.05, 0.1) is 44.7 Å². The Bertz CT molecular complexity index is 3150. The number of hydrogen-bond donors (Lipinski definition) is 3. The molecule has 0 aromatic rings. The van der Waals surface area contributed by atoms with Crippen molar-refractivity contribution in [3.8, 4) is 0 Å². The topological polar surface area (TPSA) is 289 Å². The Morgan fingerprint density at radius 2 is 1.27 bits per heavy atom. The van der Waals surface area contributed by atoms with E-state index >= 15 is 43.2 Å². The predicted octanol–water partition coefficient (Wildman–Crippen LogP) is 6.22. The highest BCUT2D eigenvalue weighted by Gasteiger charge is 2.54. The number of fused-ring (bicyclic) bond motifs is 3. The Morgan fingerprint density at radius 3 is 1.89 bits per heavy atom. The molecule has 4 saturated carbocycles. The molecule has 4 aliphatic carbocycles. The minimum atomic E-state index is -4.54. The second-order valence-corrected chi connectivity index (χ2v) is 33.4. The SMILES string of the molecule is CCO[C@@H]1C[C@H]2C(=O)NC3(CCCC3)C(=O)N(C)[C@@H](C3CCCC3)C(=O)N(C)[C@H](C(=O)N3CCOCC3)CC(=O)N(C)[C@@H](CC(C)C)C(=O)N[C@@H]([C@@H](C)CC)C(=O)N(C)CC(=O)N(C)[C@H]3CCCCCN(C3=O)[C@@H](CC3CCC(F)CC3)C(=O)N(C)CC(=O)N[C@@H](CCC3CCC(C(F)(F)F)C(Cl)C3)C(=O)N2C1. The Kier molecular flexibility index (Phi) is 31.6. The molecule has 8 aliphatic rings. The zero-order valence-corrected chi connectivity index (χ0v) is 66.4. The van der Waals surface area contributed by atoms with E-state index in [0.717, 1.165) is 17.7 Å². The number of ether oxygens (including phenoxy) is 2. The number of carbonyl (C=O) groups is 12. The van der Waals surface area contributed by atoms with Crippen LogP contribution in [0.1, 0.15) is 202 Å². The van der Waals surface area contributed by atoms with Crippen molar-refractivity contribution in [1.82, 2.24) is 60.0 Å². The Hall–Kier alpha value is -6.43. The Balaban J connectivity index is 1.21. The highest BCUT2D eigenvalue weighted by molar-refractivity contribution is 6.21. The Labute approximate surface area is 640 Å². The van der Waals surface area contributed by atoms with Gasteiger partial charge in [-0.3, -0.25) is 57.5 Å². The molecule has 4 aliphatic heterocycles. The van der Waals surface area contributed by atoms with Crippen molar-refractivity contribution in [2.24, 2.45) is 35.5 Å². The molecule has 4 saturated heterocycles. The lowest BCUT2D eigenvalue weighted by Gasteiger charge is -2.42. The van der Waals surface area contributed by atoms with Gasteiger partial charge < -0.3 is 69.5 Å². The van der Waals surface area contributed by atoms with Crippen LogP contribution in [0.2, 0.25) is 0 Å². The molecule has 0 radical (unpaired) electrons. The summed E-state index contributed by atoms with van der Waals surface area (Å²) in [5.41, 5.74) is -1.63. The monoisotopic (exact) mass is 1550 g/mol. The number of hydrogen-bond acceptors (Lipinski definition) is 14. The summed E-state index contributed by atoms with van der Waals surface area (Å²) >= 11 is 6.46. The lowest BCUT2D eigenvalue weighted by atomic mass is 9.78. The van der Waals surface area contributed by atoms with Gasteiger partial charge in [0.2, 0.25) is 70.9 Å². The number of likely N-dealkylation sites (N-methyl/N-ethyl adjacent to an activating group) is 6. The lowest BCUT2D eigenvalue weighted by Crippen LogP contribution is -2.65. The average molecular weight is 1550 g/mol. The zero-order chi connectivity index (χ0) is 79.2. The van der Waals surface area contributed by atoms with Gasteiger partial charge in [-0.25, -0.2) is 4.39 Å². The van der Waals surface area contributed by atoms with E-state index in [2.05, 4.69) is 16.0 Å². The molecule has 8 rings (SSSR count). The van der Waals surface area contributed by atoms with Crippen LogP contribution in [-0.4, -0.2) is 294 Å². The fraction of sp³-hybridized carbons (Fsp3) is 0.844. The molecule has 12 amide bonds. The van der Waals surface area contributed by atoms with Crippen LogP contribution >= 0.6 is 11.6 Å². The van der Waals surface area contributed by atoms with Crippen LogP contribution < -0.4 is 16.0 Å². The third-order valence-corrected chi connectivity index (χ3v) is 25.3. The minimum Gasteiger partial charge on any atom is -0.378 e. The lowest BCUT2D eigenvalue weighted by molar-refractivity contribution is -0.182. The summed E-state index contributed by atoms with van der Waals surface area (Å²) in [5, 5.41) is 7.61. The van der Waals surface area contributed by atoms with E-state index in [1.807, 2.05) is 20.8 Å². The van der Waals surface area contributed by atoms with Crippen molar-refractivity contribution in [3.63, 3.8) is 0 Å². The van der Waals surface area contributed by atoms with Crippen LogP contribution in [0.3, 0.4) is 0 Å². The average Bonchev–Trinajstić information content (AvgIpc) is 1.51. The molecule has 3 unspecified atom stereocenters. The highest BCUT2D eigenvalue weighted by atomic mass is 35.5. The molecular weight excluding hydrogens is 1430 g/mol. The maximum absolute atomic E-state index is 15.9. The summed E-state index contributed by atoms with van der Waals surface area (Å²) in [4.78, 5) is 195. The predicted molar refractivity (Wildman–Crippen MR) is 394 cm³/mol. The minimum absolute atomic E-state index is 0.0405. The van der Waals surface area contributed by atoms with Gasteiger partial charge in [-0.15, -0.1) is 11.6 Å². The van der Waals surface area contributed by atoms with Crippen LogP contribution in [-0.2, 0) is 67.0 Å². The molecular formula is C77H123ClF4N12O14. The van der Waals surface area contributed by atoms with Gasteiger partial charge in [0.25, 0.3) is 0 Å². The van der Waals surface area contributed by atoms with Crippen molar-refractivity contribution in [2.45, 2.75) is 279 Å². The number of nitrogens with one attached hydrogen (secondary N) is 3. The maximum atomic E-state index is 15.9. The number of amides is 12. The van der Waals surface area contributed by atoms with Crippen molar-refractivity contribution < 1.29 is 84.6 Å². The second kappa shape index (κ2) is 39.2. The summed E-state index contributed by atoms with van der Waals surface area (Å²) < 4.78 is 69.0. The Morgan fingerprint density at radius 1 is 0.630 bits per heavy atom. The molecule has 31 heteroatoms. The van der Waals surface area contributed by atoms with Gasteiger partial charge in [-0.2, -0.15) is 13.2 Å². The number of morpholine rings is 1. The third kappa shape index (κ3) is 21.6. The van der Waals surface area contributed by atoms with E-state index < -0.39 is 192 Å². The number of nitrogens with zero attached hydrogens (tertiary/aromatic N) is 9. The number of halogens is 5. The third-order valence-electron chi connectivity index (χ3n) is 24.8. The molecule has 0 aromatic heterocycles. The van der Waals surface area contributed by atoms with Crippen molar-refractivity contribution in [2.75, 3.05) is 101 Å². The largest absolute Gasteiger partial charge is 0.393 e. The molecule has 0 aromatic carbocycles. The molecule has 1 spiro atoms. The second-order valence-electron chi connectivity index (χ2n) is 32.8.